The van der Waals surface area contributed by atoms with Gasteiger partial charge in [0.15, 0.2) is 0 Å². The number of allylic oxidation sites excluding steroid dienone is 4. The van der Waals surface area contributed by atoms with E-state index in [4.69, 9.17) is 0 Å². The second-order valence-electron chi connectivity index (χ2n) is 19.7. The molecule has 3 aliphatic carbocycles. The Labute approximate surface area is 367 Å². The monoisotopic (exact) mass is 802 g/mol. The molecule has 5 aliphatic rings. The van der Waals surface area contributed by atoms with Gasteiger partial charge in [0.05, 0.1) is 17.1 Å². The van der Waals surface area contributed by atoms with Gasteiger partial charge in [0, 0.05) is 44.6 Å². The molecule has 62 heavy (non-hydrogen) atoms. The zero-order valence-corrected chi connectivity index (χ0v) is 36.7. The highest BCUT2D eigenvalue weighted by Crippen LogP contribution is 2.60. The predicted molar refractivity (Wildman–Crippen MR) is 262 cm³/mol. The molecule has 1 atom stereocenters. The molecule has 2 aliphatic heterocycles. The molecule has 1 saturated carbocycles. The molecule has 0 amide bonds. The van der Waals surface area contributed by atoms with E-state index < -0.39 is 0 Å². The third kappa shape index (κ3) is 5.22. The average molecular weight is 803 g/mol. The van der Waals surface area contributed by atoms with Crippen molar-refractivity contribution in [1.82, 2.24) is 0 Å². The van der Waals surface area contributed by atoms with Crippen LogP contribution >= 0.6 is 0 Å². The SMILES string of the molecule is C[C@@H]1CC=CC2=C1N(c1ccc(/C=C/c3ccc4c(c3)C3(CCCC3)c3cc(N5c6ccccc6C(C)(C)c6ccccc65)ccc3-4)c3ccccc13)c1ccccc1C2(C)C. The summed E-state index contributed by atoms with van der Waals surface area (Å²) in [5, 5.41) is 2.56. The van der Waals surface area contributed by atoms with E-state index >= 15 is 0 Å². The topological polar surface area (TPSA) is 6.48 Å². The summed E-state index contributed by atoms with van der Waals surface area (Å²) in [6.45, 7) is 11.9. The molecule has 304 valence electrons. The summed E-state index contributed by atoms with van der Waals surface area (Å²) in [4.78, 5) is 5.12. The smallest absolute Gasteiger partial charge is 0.0537 e. The number of rotatable bonds is 4. The van der Waals surface area contributed by atoms with Gasteiger partial charge in [-0.1, -0.05) is 181 Å². The van der Waals surface area contributed by atoms with Crippen LogP contribution in [0.5, 0.6) is 0 Å². The highest BCUT2D eigenvalue weighted by molar-refractivity contribution is 6.03. The predicted octanol–water partition coefficient (Wildman–Crippen LogP) is 16.2. The van der Waals surface area contributed by atoms with Crippen molar-refractivity contribution in [3.05, 3.63) is 208 Å². The highest BCUT2D eigenvalue weighted by atomic mass is 15.2. The molecule has 2 heteroatoms. The van der Waals surface area contributed by atoms with Gasteiger partial charge in [-0.3, -0.25) is 0 Å². The molecule has 7 aromatic rings. The van der Waals surface area contributed by atoms with Gasteiger partial charge in [-0.25, -0.2) is 0 Å². The molecule has 2 nitrogen and oxygen atoms in total. The molecule has 0 aromatic heterocycles. The number of hydrogen-bond donors (Lipinski definition) is 0. The Bertz CT molecular complexity index is 3040. The Kier molecular flexibility index (Phi) is 8.18. The van der Waals surface area contributed by atoms with E-state index in [0.29, 0.717) is 5.92 Å². The van der Waals surface area contributed by atoms with Gasteiger partial charge in [-0.05, 0) is 117 Å². The van der Waals surface area contributed by atoms with Crippen molar-refractivity contribution < 1.29 is 0 Å². The maximum absolute atomic E-state index is 2.59. The van der Waals surface area contributed by atoms with Crippen LogP contribution in [0.25, 0.3) is 34.1 Å². The van der Waals surface area contributed by atoms with E-state index in [1.807, 2.05) is 0 Å². The molecule has 0 N–H and O–H groups in total. The van der Waals surface area contributed by atoms with Crippen LogP contribution in [0.4, 0.5) is 28.4 Å². The fourth-order valence-electron chi connectivity index (χ4n) is 12.5. The second-order valence-corrected chi connectivity index (χ2v) is 19.7. The van der Waals surface area contributed by atoms with Crippen molar-refractivity contribution in [3.8, 4) is 11.1 Å². The van der Waals surface area contributed by atoms with Crippen LogP contribution in [0.3, 0.4) is 0 Å². The number of fused-ring (bicyclic) bond motifs is 9. The summed E-state index contributed by atoms with van der Waals surface area (Å²) in [6, 6.07) is 55.5. The first-order valence-electron chi connectivity index (χ1n) is 23.0. The molecular formula is C60H54N2. The Morgan fingerprint density at radius 2 is 1.10 bits per heavy atom. The molecule has 0 bridgehead atoms. The molecule has 7 aromatic carbocycles. The van der Waals surface area contributed by atoms with E-state index in [-0.39, 0.29) is 16.2 Å². The molecular weight excluding hydrogens is 749 g/mol. The number of para-hydroxylation sites is 3. The zero-order chi connectivity index (χ0) is 42.0. The Morgan fingerprint density at radius 1 is 0.516 bits per heavy atom. The fraction of sp³-hybridized carbons (Fsp3) is 0.233. The molecule has 0 unspecified atom stereocenters. The first-order chi connectivity index (χ1) is 30.2. The lowest BCUT2D eigenvalue weighted by Gasteiger charge is -2.46. The van der Waals surface area contributed by atoms with Crippen LogP contribution in [0.2, 0.25) is 0 Å². The lowest BCUT2D eigenvalue weighted by molar-refractivity contribution is 0.550. The fourth-order valence-corrected chi connectivity index (χ4v) is 12.5. The lowest BCUT2D eigenvalue weighted by atomic mass is 9.69. The third-order valence-corrected chi connectivity index (χ3v) is 15.6. The molecule has 0 saturated heterocycles. The van der Waals surface area contributed by atoms with Gasteiger partial charge in [0.1, 0.15) is 0 Å². The molecule has 0 radical (unpaired) electrons. The third-order valence-electron chi connectivity index (χ3n) is 15.6. The minimum Gasteiger partial charge on any atom is -0.313 e. The number of anilines is 5. The quantitative estimate of drug-likeness (QED) is 0.164. The summed E-state index contributed by atoms with van der Waals surface area (Å²) >= 11 is 0. The van der Waals surface area contributed by atoms with E-state index in [0.717, 1.165) is 6.42 Å². The van der Waals surface area contributed by atoms with Crippen LogP contribution in [0.1, 0.15) is 106 Å². The molecule has 1 fully saturated rings. The van der Waals surface area contributed by atoms with E-state index in [1.54, 1.807) is 0 Å². The first kappa shape index (κ1) is 37.4. The maximum Gasteiger partial charge on any atom is 0.0537 e. The highest BCUT2D eigenvalue weighted by Gasteiger charge is 2.46. The van der Waals surface area contributed by atoms with Crippen molar-refractivity contribution in [1.29, 1.82) is 0 Å². The van der Waals surface area contributed by atoms with Crippen LogP contribution in [-0.4, -0.2) is 0 Å². The minimum absolute atomic E-state index is 0.0330. The standard InChI is InChI=1S/C60H54N2/c1-39-17-16-23-50-57(39)62(56-26-13-10-22-49(56)59(50,4)5)53-34-30-41(43-18-6-7-19-46(43)53)29-27-40-28-32-44-45-33-31-42(38-52(45)60(51(44)37-40)35-14-15-36-60)61-54-24-11-8-20-47(54)58(2,3)48-21-9-12-25-55(48)61/h6-13,16,18-34,37-39H,14-15,17,35-36H2,1-5H3/b29-27+/t39-/m1/s1. The van der Waals surface area contributed by atoms with Crippen LogP contribution in [0, 0.1) is 5.92 Å². The molecule has 1 spiro atoms. The molecule has 12 rings (SSSR count). The summed E-state index contributed by atoms with van der Waals surface area (Å²) in [5.41, 5.74) is 21.6. The van der Waals surface area contributed by atoms with Gasteiger partial charge in [0.25, 0.3) is 0 Å². The molecule has 2 heterocycles. The van der Waals surface area contributed by atoms with Crippen LogP contribution < -0.4 is 9.80 Å². The lowest BCUT2D eigenvalue weighted by Crippen LogP contribution is -2.37. The maximum atomic E-state index is 2.59. The van der Waals surface area contributed by atoms with Gasteiger partial charge in [-0.15, -0.1) is 0 Å². The van der Waals surface area contributed by atoms with Crippen molar-refractivity contribution in [3.63, 3.8) is 0 Å². The number of nitrogens with zero attached hydrogens (tertiary/aromatic N) is 2. The second kappa shape index (κ2) is 13.6. The Morgan fingerprint density at radius 3 is 1.79 bits per heavy atom. The van der Waals surface area contributed by atoms with E-state index in [9.17, 15) is 0 Å². The van der Waals surface area contributed by atoms with Gasteiger partial charge in [0.2, 0.25) is 0 Å². The average Bonchev–Trinajstić information content (AvgIpc) is 3.90. The first-order valence-corrected chi connectivity index (χ1v) is 23.0. The summed E-state index contributed by atoms with van der Waals surface area (Å²) < 4.78 is 0. The Balaban J connectivity index is 0.927. The van der Waals surface area contributed by atoms with Crippen molar-refractivity contribution in [2.75, 3.05) is 9.80 Å². The zero-order valence-electron chi connectivity index (χ0n) is 36.7. The Hall–Kier alpha value is -6.38. The van der Waals surface area contributed by atoms with E-state index in [1.165, 1.54) is 126 Å². The normalized spacial score (nSPS) is 19.7. The van der Waals surface area contributed by atoms with Crippen molar-refractivity contribution >= 4 is 51.4 Å². The van der Waals surface area contributed by atoms with Crippen LogP contribution in [-0.2, 0) is 16.2 Å². The van der Waals surface area contributed by atoms with Crippen molar-refractivity contribution in [2.24, 2.45) is 5.92 Å². The van der Waals surface area contributed by atoms with Gasteiger partial charge >= 0.3 is 0 Å². The minimum atomic E-state index is -0.0775. The van der Waals surface area contributed by atoms with Gasteiger partial charge in [-0.2, -0.15) is 0 Å². The summed E-state index contributed by atoms with van der Waals surface area (Å²) in [6.07, 6.45) is 15.5. The summed E-state index contributed by atoms with van der Waals surface area (Å²) in [5.74, 6) is 0.423. The number of hydrogen-bond acceptors (Lipinski definition) is 2. The van der Waals surface area contributed by atoms with Crippen LogP contribution in [0.15, 0.2) is 169 Å². The summed E-state index contributed by atoms with van der Waals surface area (Å²) in [7, 11) is 0. The van der Waals surface area contributed by atoms with Crippen molar-refractivity contribution in [2.45, 2.75) is 83.0 Å². The number of benzene rings is 7. The largest absolute Gasteiger partial charge is 0.313 e. The van der Waals surface area contributed by atoms with E-state index in [2.05, 4.69) is 214 Å². The van der Waals surface area contributed by atoms with Gasteiger partial charge < -0.3 is 9.80 Å².